The molecule has 0 saturated heterocycles. The minimum Gasteiger partial charge on any atom is -0.346 e. The Morgan fingerprint density at radius 1 is 1.45 bits per heavy atom. The number of carbonyl (C=O) groups is 1. The third-order valence-corrected chi connectivity index (χ3v) is 4.19. The van der Waals surface area contributed by atoms with Crippen molar-refractivity contribution >= 4 is 17.2 Å². The number of hydrogen-bond acceptors (Lipinski definition) is 4. The number of aromatic amines is 1. The Hall–Kier alpha value is -1.69. The standard InChI is InChI=1S/C14H20N4OS/c1-5-11(14-15-7-8(2)16-14)18-13(19)6-12-9(3)17-10(4)20-12/h7,11H,5-6H2,1-4H3,(H,15,16)(H,18,19)/t11-/m1/s1. The van der Waals surface area contributed by atoms with E-state index in [0.29, 0.717) is 6.42 Å². The van der Waals surface area contributed by atoms with Gasteiger partial charge in [0.2, 0.25) is 5.91 Å². The van der Waals surface area contributed by atoms with Gasteiger partial charge in [-0.25, -0.2) is 9.97 Å². The summed E-state index contributed by atoms with van der Waals surface area (Å²) in [7, 11) is 0. The highest BCUT2D eigenvalue weighted by Crippen LogP contribution is 2.19. The van der Waals surface area contributed by atoms with Crippen LogP contribution in [-0.2, 0) is 11.2 Å². The van der Waals surface area contributed by atoms with Crippen LogP contribution >= 0.6 is 11.3 Å². The van der Waals surface area contributed by atoms with E-state index in [9.17, 15) is 4.79 Å². The number of carbonyl (C=O) groups excluding carboxylic acids is 1. The van der Waals surface area contributed by atoms with Gasteiger partial charge in [-0.3, -0.25) is 4.79 Å². The molecule has 0 aliphatic heterocycles. The SMILES string of the molecule is CC[C@@H](NC(=O)Cc1sc(C)nc1C)c1ncc(C)[nH]1. The molecule has 0 unspecified atom stereocenters. The van der Waals surface area contributed by atoms with Crippen molar-refractivity contribution in [1.82, 2.24) is 20.3 Å². The van der Waals surface area contributed by atoms with Crippen LogP contribution in [-0.4, -0.2) is 20.9 Å². The topological polar surface area (TPSA) is 70.7 Å². The van der Waals surface area contributed by atoms with Gasteiger partial charge in [0.25, 0.3) is 0 Å². The van der Waals surface area contributed by atoms with E-state index in [1.165, 1.54) is 0 Å². The molecule has 0 aliphatic rings. The molecular weight excluding hydrogens is 272 g/mol. The Bertz CT molecular complexity index is 602. The molecule has 5 nitrogen and oxygen atoms in total. The first kappa shape index (κ1) is 14.7. The van der Waals surface area contributed by atoms with Gasteiger partial charge in [0, 0.05) is 16.8 Å². The van der Waals surface area contributed by atoms with E-state index < -0.39 is 0 Å². The molecule has 0 fully saturated rings. The monoisotopic (exact) mass is 292 g/mol. The van der Waals surface area contributed by atoms with Crippen molar-refractivity contribution in [2.45, 2.75) is 46.6 Å². The predicted molar refractivity (Wildman–Crippen MR) is 79.8 cm³/mol. The normalized spacial score (nSPS) is 12.4. The van der Waals surface area contributed by atoms with Crippen LogP contribution in [0.15, 0.2) is 6.20 Å². The molecule has 108 valence electrons. The second-order valence-electron chi connectivity index (χ2n) is 4.90. The fourth-order valence-electron chi connectivity index (χ4n) is 2.10. The van der Waals surface area contributed by atoms with Crippen LogP contribution < -0.4 is 5.32 Å². The van der Waals surface area contributed by atoms with E-state index in [2.05, 4.69) is 20.3 Å². The molecule has 0 aromatic carbocycles. The summed E-state index contributed by atoms with van der Waals surface area (Å²) in [4.78, 5) is 25.0. The summed E-state index contributed by atoms with van der Waals surface area (Å²) in [6, 6.07) is -0.0643. The number of H-pyrrole nitrogens is 1. The molecule has 2 heterocycles. The zero-order valence-corrected chi connectivity index (χ0v) is 13.1. The minimum absolute atomic E-state index is 0.0117. The number of nitrogens with zero attached hydrogens (tertiary/aromatic N) is 2. The Balaban J connectivity index is 2.01. The van der Waals surface area contributed by atoms with Crippen molar-refractivity contribution in [1.29, 1.82) is 0 Å². The second kappa shape index (κ2) is 6.17. The highest BCUT2D eigenvalue weighted by molar-refractivity contribution is 7.11. The van der Waals surface area contributed by atoms with Gasteiger partial charge < -0.3 is 10.3 Å². The van der Waals surface area contributed by atoms with E-state index in [1.54, 1.807) is 17.5 Å². The predicted octanol–water partition coefficient (Wildman–Crippen LogP) is 2.60. The van der Waals surface area contributed by atoms with Gasteiger partial charge in [0.05, 0.1) is 23.2 Å². The van der Waals surface area contributed by atoms with Crippen LogP contribution in [0, 0.1) is 20.8 Å². The number of rotatable bonds is 5. The molecule has 0 saturated carbocycles. The van der Waals surface area contributed by atoms with E-state index in [-0.39, 0.29) is 11.9 Å². The Morgan fingerprint density at radius 3 is 2.70 bits per heavy atom. The van der Waals surface area contributed by atoms with Gasteiger partial charge in [-0.2, -0.15) is 0 Å². The maximum atomic E-state index is 12.1. The van der Waals surface area contributed by atoms with Crippen LogP contribution in [0.25, 0.3) is 0 Å². The van der Waals surface area contributed by atoms with Gasteiger partial charge in [-0.15, -0.1) is 11.3 Å². The molecule has 0 spiro atoms. The average Bonchev–Trinajstić information content (AvgIpc) is 2.93. The molecule has 20 heavy (non-hydrogen) atoms. The van der Waals surface area contributed by atoms with Gasteiger partial charge in [0.15, 0.2) is 0 Å². The zero-order valence-electron chi connectivity index (χ0n) is 12.3. The lowest BCUT2D eigenvalue weighted by Crippen LogP contribution is -2.30. The van der Waals surface area contributed by atoms with E-state index in [4.69, 9.17) is 0 Å². The quantitative estimate of drug-likeness (QED) is 0.890. The molecule has 0 radical (unpaired) electrons. The number of hydrogen-bond donors (Lipinski definition) is 2. The van der Waals surface area contributed by atoms with Crippen molar-refractivity contribution < 1.29 is 4.79 Å². The summed E-state index contributed by atoms with van der Waals surface area (Å²) < 4.78 is 0. The second-order valence-corrected chi connectivity index (χ2v) is 6.19. The van der Waals surface area contributed by atoms with Crippen LogP contribution in [0.1, 0.15) is 46.5 Å². The Labute approximate surface area is 122 Å². The van der Waals surface area contributed by atoms with Gasteiger partial charge in [-0.05, 0) is 27.2 Å². The fraction of sp³-hybridized carbons (Fsp3) is 0.500. The summed E-state index contributed by atoms with van der Waals surface area (Å²) in [5.74, 6) is 0.827. The van der Waals surface area contributed by atoms with Crippen molar-refractivity contribution in [2.75, 3.05) is 0 Å². The molecule has 1 amide bonds. The zero-order chi connectivity index (χ0) is 14.7. The van der Waals surface area contributed by atoms with Crippen LogP contribution in [0.3, 0.4) is 0 Å². The lowest BCUT2D eigenvalue weighted by Gasteiger charge is -2.14. The summed E-state index contributed by atoms with van der Waals surface area (Å²) in [5, 5.41) is 4.03. The van der Waals surface area contributed by atoms with E-state index >= 15 is 0 Å². The summed E-state index contributed by atoms with van der Waals surface area (Å²) in [6.07, 6.45) is 2.97. The van der Waals surface area contributed by atoms with Crippen molar-refractivity contribution in [3.63, 3.8) is 0 Å². The third-order valence-electron chi connectivity index (χ3n) is 3.12. The van der Waals surface area contributed by atoms with Gasteiger partial charge >= 0.3 is 0 Å². The number of amides is 1. The first-order valence-corrected chi connectivity index (χ1v) is 7.55. The maximum Gasteiger partial charge on any atom is 0.225 e. The van der Waals surface area contributed by atoms with Gasteiger partial charge in [0.1, 0.15) is 5.82 Å². The largest absolute Gasteiger partial charge is 0.346 e. The van der Waals surface area contributed by atoms with Crippen LogP contribution in [0.5, 0.6) is 0 Å². The molecule has 0 aliphatic carbocycles. The molecule has 6 heteroatoms. The molecule has 2 aromatic rings. The maximum absolute atomic E-state index is 12.1. The number of aromatic nitrogens is 3. The number of thiazole rings is 1. The highest BCUT2D eigenvalue weighted by atomic mass is 32.1. The first-order chi connectivity index (χ1) is 9.49. The number of nitrogens with one attached hydrogen (secondary N) is 2. The molecule has 2 N–H and O–H groups in total. The Morgan fingerprint density at radius 2 is 2.20 bits per heavy atom. The lowest BCUT2D eigenvalue weighted by molar-refractivity contribution is -0.121. The fourth-order valence-corrected chi connectivity index (χ4v) is 3.04. The molecule has 0 bridgehead atoms. The smallest absolute Gasteiger partial charge is 0.225 e. The van der Waals surface area contributed by atoms with Crippen molar-refractivity contribution in [3.05, 3.63) is 33.3 Å². The molecule has 1 atom stereocenters. The lowest BCUT2D eigenvalue weighted by atomic mass is 10.2. The summed E-state index contributed by atoms with van der Waals surface area (Å²) in [5.41, 5.74) is 1.95. The Kier molecular flexibility index (Phi) is 4.54. The highest BCUT2D eigenvalue weighted by Gasteiger charge is 2.17. The average molecular weight is 292 g/mol. The van der Waals surface area contributed by atoms with E-state index in [0.717, 1.165) is 33.5 Å². The van der Waals surface area contributed by atoms with Crippen molar-refractivity contribution in [2.24, 2.45) is 0 Å². The van der Waals surface area contributed by atoms with Crippen LogP contribution in [0.4, 0.5) is 0 Å². The van der Waals surface area contributed by atoms with Gasteiger partial charge in [-0.1, -0.05) is 6.92 Å². The van der Waals surface area contributed by atoms with Crippen LogP contribution in [0.2, 0.25) is 0 Å². The molecular formula is C14H20N4OS. The molecule has 2 aromatic heterocycles. The number of imidazole rings is 1. The van der Waals surface area contributed by atoms with Crippen molar-refractivity contribution in [3.8, 4) is 0 Å². The first-order valence-electron chi connectivity index (χ1n) is 6.73. The molecule has 2 rings (SSSR count). The summed E-state index contributed by atoms with van der Waals surface area (Å²) in [6.45, 7) is 7.89. The third kappa shape index (κ3) is 3.45. The minimum atomic E-state index is -0.0643. The number of aryl methyl sites for hydroxylation is 3. The summed E-state index contributed by atoms with van der Waals surface area (Å²) >= 11 is 1.58. The van der Waals surface area contributed by atoms with E-state index in [1.807, 2.05) is 27.7 Å².